The van der Waals surface area contributed by atoms with E-state index < -0.39 is 0 Å². The van der Waals surface area contributed by atoms with Crippen molar-refractivity contribution in [2.75, 3.05) is 30.1 Å². The van der Waals surface area contributed by atoms with Crippen molar-refractivity contribution in [1.29, 1.82) is 0 Å². The van der Waals surface area contributed by atoms with Crippen LogP contribution in [0.15, 0.2) is 12.1 Å². The summed E-state index contributed by atoms with van der Waals surface area (Å²) in [4.78, 5) is 2.44. The van der Waals surface area contributed by atoms with Crippen LogP contribution in [0.4, 0.5) is 11.4 Å². The molecule has 92 valence electrons. The van der Waals surface area contributed by atoms with Gasteiger partial charge in [0.05, 0.1) is 11.4 Å². The number of rotatable bonds is 2. The molecule has 1 aromatic rings. The topological polar surface area (TPSA) is 33.7 Å². The van der Waals surface area contributed by atoms with Gasteiger partial charge in [0.1, 0.15) is 0 Å². The number of anilines is 2. The summed E-state index contributed by atoms with van der Waals surface area (Å²) in [7, 11) is 0. The van der Waals surface area contributed by atoms with Crippen LogP contribution in [0, 0.1) is 0 Å². The molecule has 4 nitrogen and oxygen atoms in total. The molecule has 17 heavy (non-hydrogen) atoms. The molecule has 0 amide bonds. The molecule has 0 radical (unpaired) electrons. The maximum absolute atomic E-state index is 5.45. The minimum absolute atomic E-state index is 0.335. The molecule has 4 heteroatoms. The molecule has 0 spiro atoms. The lowest BCUT2D eigenvalue weighted by molar-refractivity contribution is 0.174. The predicted octanol–water partition coefficient (Wildman–Crippen LogP) is 2.45. The smallest absolute Gasteiger partial charge is 0.231 e. The van der Waals surface area contributed by atoms with Gasteiger partial charge in [0.25, 0.3) is 0 Å². The minimum atomic E-state index is 0.335. The lowest BCUT2D eigenvalue weighted by Crippen LogP contribution is -2.42. The quantitative estimate of drug-likeness (QED) is 0.852. The summed E-state index contributed by atoms with van der Waals surface area (Å²) in [6.07, 6.45) is 1.15. The molecule has 2 aliphatic heterocycles. The fourth-order valence-electron chi connectivity index (χ4n) is 2.50. The second-order valence-electron chi connectivity index (χ2n) is 4.65. The van der Waals surface area contributed by atoms with Crippen LogP contribution >= 0.6 is 0 Å². The van der Waals surface area contributed by atoms with Gasteiger partial charge < -0.3 is 19.7 Å². The van der Waals surface area contributed by atoms with Gasteiger partial charge in [-0.2, -0.15) is 0 Å². The molecule has 0 aromatic heterocycles. The number of hydrogen-bond acceptors (Lipinski definition) is 4. The van der Waals surface area contributed by atoms with E-state index in [1.54, 1.807) is 0 Å². The first-order chi connectivity index (χ1) is 8.29. The van der Waals surface area contributed by atoms with E-state index in [1.807, 2.05) is 6.07 Å². The van der Waals surface area contributed by atoms with Crippen LogP contribution in [-0.2, 0) is 0 Å². The molecule has 1 aromatic carbocycles. The number of nitrogens with one attached hydrogen (secondary N) is 1. The van der Waals surface area contributed by atoms with Gasteiger partial charge in [-0.15, -0.1) is 0 Å². The Morgan fingerprint density at radius 2 is 2.12 bits per heavy atom. The van der Waals surface area contributed by atoms with Crippen molar-refractivity contribution in [3.8, 4) is 11.5 Å². The Morgan fingerprint density at radius 3 is 2.88 bits per heavy atom. The molecule has 1 unspecified atom stereocenters. The van der Waals surface area contributed by atoms with E-state index in [9.17, 15) is 0 Å². The van der Waals surface area contributed by atoms with E-state index in [0.717, 1.165) is 36.7 Å². The molecule has 0 fully saturated rings. The molecule has 0 bridgehead atoms. The largest absolute Gasteiger partial charge is 0.454 e. The number of ether oxygens (including phenoxy) is 2. The third-order valence-electron chi connectivity index (χ3n) is 3.38. The average molecular weight is 234 g/mol. The van der Waals surface area contributed by atoms with E-state index in [4.69, 9.17) is 9.47 Å². The van der Waals surface area contributed by atoms with Gasteiger partial charge in [-0.3, -0.25) is 0 Å². The van der Waals surface area contributed by atoms with Crippen molar-refractivity contribution in [3.63, 3.8) is 0 Å². The van der Waals surface area contributed by atoms with Crippen molar-refractivity contribution < 1.29 is 9.47 Å². The van der Waals surface area contributed by atoms with Gasteiger partial charge in [0, 0.05) is 31.3 Å². The van der Waals surface area contributed by atoms with Crippen molar-refractivity contribution in [3.05, 3.63) is 12.1 Å². The monoisotopic (exact) mass is 234 g/mol. The highest BCUT2D eigenvalue weighted by molar-refractivity contribution is 5.77. The summed E-state index contributed by atoms with van der Waals surface area (Å²) >= 11 is 0. The fourth-order valence-corrected chi connectivity index (χ4v) is 2.50. The van der Waals surface area contributed by atoms with Crippen LogP contribution in [0.3, 0.4) is 0 Å². The Labute approximate surface area is 102 Å². The second kappa shape index (κ2) is 4.02. The van der Waals surface area contributed by atoms with Gasteiger partial charge in [-0.05, 0) is 13.3 Å². The summed E-state index contributed by atoms with van der Waals surface area (Å²) in [5.41, 5.74) is 2.38. The molecular formula is C13H18N2O2. The predicted molar refractivity (Wildman–Crippen MR) is 68.2 cm³/mol. The first-order valence-electron chi connectivity index (χ1n) is 6.23. The van der Waals surface area contributed by atoms with Crippen LogP contribution in [-0.4, -0.2) is 25.9 Å². The first-order valence-corrected chi connectivity index (χ1v) is 6.23. The summed E-state index contributed by atoms with van der Waals surface area (Å²) in [6.45, 7) is 6.85. The molecule has 1 atom stereocenters. The Balaban J connectivity index is 2.02. The molecule has 1 N–H and O–H groups in total. The van der Waals surface area contributed by atoms with Crippen molar-refractivity contribution in [2.45, 2.75) is 26.3 Å². The third-order valence-corrected chi connectivity index (χ3v) is 3.38. The lowest BCUT2D eigenvalue weighted by Gasteiger charge is -2.37. The van der Waals surface area contributed by atoms with Gasteiger partial charge >= 0.3 is 0 Å². The molecule has 0 aliphatic carbocycles. The first kappa shape index (κ1) is 10.6. The van der Waals surface area contributed by atoms with Gasteiger partial charge in [-0.25, -0.2) is 0 Å². The summed E-state index contributed by atoms with van der Waals surface area (Å²) < 4.78 is 10.9. The molecular weight excluding hydrogens is 216 g/mol. The highest BCUT2D eigenvalue weighted by Crippen LogP contribution is 2.43. The Hall–Kier alpha value is -1.58. The number of hydrogen-bond donors (Lipinski definition) is 1. The third kappa shape index (κ3) is 1.68. The van der Waals surface area contributed by atoms with E-state index in [0.29, 0.717) is 12.8 Å². The lowest BCUT2D eigenvalue weighted by atomic mass is 10.1. The standard InChI is InChI=1S/C13H18N2O2/c1-3-4-15-9(2)7-14-10-5-12-13(6-11(10)15)17-8-16-12/h5-6,9,14H,3-4,7-8H2,1-2H3. The number of benzene rings is 1. The summed E-state index contributed by atoms with van der Waals surface area (Å²) in [5.74, 6) is 1.71. The van der Waals surface area contributed by atoms with Crippen molar-refractivity contribution in [1.82, 2.24) is 0 Å². The maximum Gasteiger partial charge on any atom is 0.231 e. The van der Waals surface area contributed by atoms with Crippen LogP contribution in [0.25, 0.3) is 0 Å². The zero-order valence-electron chi connectivity index (χ0n) is 10.3. The van der Waals surface area contributed by atoms with Gasteiger partial charge in [-0.1, -0.05) is 6.92 Å². The Bertz CT molecular complexity index is 434. The van der Waals surface area contributed by atoms with Crippen LogP contribution in [0.2, 0.25) is 0 Å². The zero-order valence-corrected chi connectivity index (χ0v) is 10.3. The van der Waals surface area contributed by atoms with Crippen molar-refractivity contribution >= 4 is 11.4 Å². The molecule has 3 rings (SSSR count). The average Bonchev–Trinajstić information content (AvgIpc) is 2.78. The van der Waals surface area contributed by atoms with E-state index in [-0.39, 0.29) is 0 Å². The van der Waals surface area contributed by atoms with Gasteiger partial charge in [0.2, 0.25) is 6.79 Å². The maximum atomic E-state index is 5.45. The summed E-state index contributed by atoms with van der Waals surface area (Å²) in [6, 6.07) is 4.66. The Morgan fingerprint density at radius 1 is 1.35 bits per heavy atom. The van der Waals surface area contributed by atoms with Crippen LogP contribution < -0.4 is 19.7 Å². The normalized spacial score (nSPS) is 21.1. The minimum Gasteiger partial charge on any atom is -0.454 e. The van der Waals surface area contributed by atoms with E-state index in [1.165, 1.54) is 5.69 Å². The van der Waals surface area contributed by atoms with E-state index >= 15 is 0 Å². The molecule has 0 saturated carbocycles. The molecule has 0 saturated heterocycles. The number of nitrogens with zero attached hydrogens (tertiary/aromatic N) is 1. The second-order valence-corrected chi connectivity index (χ2v) is 4.65. The van der Waals surface area contributed by atoms with Crippen molar-refractivity contribution in [2.24, 2.45) is 0 Å². The highest BCUT2D eigenvalue weighted by Gasteiger charge is 2.26. The fraction of sp³-hybridized carbons (Fsp3) is 0.538. The van der Waals surface area contributed by atoms with Gasteiger partial charge in [0.15, 0.2) is 11.5 Å². The molecule has 2 heterocycles. The highest BCUT2D eigenvalue weighted by atomic mass is 16.7. The summed E-state index contributed by atoms with van der Waals surface area (Å²) in [5, 5.41) is 3.45. The zero-order chi connectivity index (χ0) is 11.8. The van der Waals surface area contributed by atoms with Crippen LogP contribution in [0.5, 0.6) is 11.5 Å². The van der Waals surface area contributed by atoms with E-state index in [2.05, 4.69) is 30.1 Å². The SMILES string of the molecule is CCCN1c2cc3c(cc2NCC1C)OCO3. The van der Waals surface area contributed by atoms with Crippen LogP contribution in [0.1, 0.15) is 20.3 Å². The Kier molecular flexibility index (Phi) is 2.50. The number of fused-ring (bicyclic) bond motifs is 2. The molecule has 2 aliphatic rings.